The summed E-state index contributed by atoms with van der Waals surface area (Å²) in [7, 11) is 0. The molecule has 2 aromatic heterocycles. The van der Waals surface area contributed by atoms with Crippen molar-refractivity contribution in [2.24, 2.45) is 0 Å². The number of aromatic amines is 2. The smallest absolute Gasteiger partial charge is 0.255 e. The monoisotopic (exact) mass is 355 g/mol. The van der Waals surface area contributed by atoms with E-state index in [1.54, 1.807) is 12.1 Å². The molecule has 0 spiro atoms. The fourth-order valence-electron chi connectivity index (χ4n) is 3.15. The molecule has 1 aliphatic heterocycles. The number of nitrogens with zero attached hydrogens (tertiary/aromatic N) is 3. The Bertz CT molecular complexity index is 960. The molecule has 0 amide bonds. The summed E-state index contributed by atoms with van der Waals surface area (Å²) < 4.78 is 0. The number of benzene rings is 1. The number of hydrogen-bond acceptors (Lipinski definition) is 4. The highest BCUT2D eigenvalue weighted by Gasteiger charge is 2.22. The molecule has 0 radical (unpaired) electrons. The van der Waals surface area contributed by atoms with Crippen molar-refractivity contribution in [1.82, 2.24) is 24.8 Å². The van der Waals surface area contributed by atoms with E-state index in [0.29, 0.717) is 17.4 Å². The first-order chi connectivity index (χ1) is 12.1. The van der Waals surface area contributed by atoms with E-state index in [-0.39, 0.29) is 5.56 Å². The van der Waals surface area contributed by atoms with E-state index in [0.717, 1.165) is 47.8 Å². The Morgan fingerprint density at radius 3 is 2.76 bits per heavy atom. The standard InChI is InChI=1S/C18H18ClN5O/c1-11-20-8-14(21-11)9-24-7-6-16-15(10-24)18(25)23-17(22-16)12-2-4-13(19)5-3-12/h2-5,8H,6-7,9-10H2,1H3,(H,20,21)(H,22,23,25). The van der Waals surface area contributed by atoms with Crippen LogP contribution in [0.5, 0.6) is 0 Å². The molecule has 4 rings (SSSR count). The first kappa shape index (κ1) is 16.1. The predicted molar refractivity (Wildman–Crippen MR) is 96.4 cm³/mol. The van der Waals surface area contributed by atoms with Gasteiger partial charge in [-0.25, -0.2) is 9.97 Å². The molecule has 128 valence electrons. The Morgan fingerprint density at radius 2 is 2.04 bits per heavy atom. The summed E-state index contributed by atoms with van der Waals surface area (Å²) in [5.41, 5.74) is 3.48. The second-order valence-electron chi connectivity index (χ2n) is 6.30. The molecule has 1 aromatic carbocycles. The van der Waals surface area contributed by atoms with Gasteiger partial charge in [0.05, 0.1) is 11.3 Å². The van der Waals surface area contributed by atoms with Gasteiger partial charge in [-0.2, -0.15) is 0 Å². The average Bonchev–Trinajstić information content (AvgIpc) is 3.01. The van der Waals surface area contributed by atoms with Gasteiger partial charge in [0.25, 0.3) is 5.56 Å². The van der Waals surface area contributed by atoms with Gasteiger partial charge in [-0.1, -0.05) is 11.6 Å². The maximum Gasteiger partial charge on any atom is 0.255 e. The van der Waals surface area contributed by atoms with Crippen molar-refractivity contribution in [3.8, 4) is 11.4 Å². The highest BCUT2D eigenvalue weighted by Crippen LogP contribution is 2.21. The van der Waals surface area contributed by atoms with Gasteiger partial charge in [-0.15, -0.1) is 0 Å². The summed E-state index contributed by atoms with van der Waals surface area (Å²) in [6, 6.07) is 7.32. The van der Waals surface area contributed by atoms with E-state index in [2.05, 4.69) is 24.8 Å². The van der Waals surface area contributed by atoms with Crippen molar-refractivity contribution in [2.45, 2.75) is 26.4 Å². The van der Waals surface area contributed by atoms with Crippen molar-refractivity contribution in [3.05, 3.63) is 68.6 Å². The maximum atomic E-state index is 12.6. The van der Waals surface area contributed by atoms with Crippen LogP contribution in [0, 0.1) is 6.92 Å². The fraction of sp³-hybridized carbons (Fsp3) is 0.278. The Kier molecular flexibility index (Phi) is 4.15. The third kappa shape index (κ3) is 3.36. The van der Waals surface area contributed by atoms with E-state index in [9.17, 15) is 4.79 Å². The molecule has 7 heteroatoms. The summed E-state index contributed by atoms with van der Waals surface area (Å²) >= 11 is 5.92. The number of nitrogens with one attached hydrogen (secondary N) is 2. The molecule has 6 nitrogen and oxygen atoms in total. The maximum absolute atomic E-state index is 12.6. The number of fused-ring (bicyclic) bond motifs is 1. The lowest BCUT2D eigenvalue weighted by Crippen LogP contribution is -2.35. The van der Waals surface area contributed by atoms with Crippen LogP contribution >= 0.6 is 11.6 Å². The van der Waals surface area contributed by atoms with Gasteiger partial charge < -0.3 is 9.97 Å². The van der Waals surface area contributed by atoms with Crippen LogP contribution in [0.2, 0.25) is 5.02 Å². The van der Waals surface area contributed by atoms with E-state index < -0.39 is 0 Å². The van der Waals surface area contributed by atoms with Gasteiger partial charge in [-0.3, -0.25) is 9.69 Å². The molecule has 3 heterocycles. The number of imidazole rings is 1. The number of aromatic nitrogens is 4. The van der Waals surface area contributed by atoms with Crippen LogP contribution in [0.3, 0.4) is 0 Å². The molecule has 1 aliphatic rings. The van der Waals surface area contributed by atoms with E-state index in [1.165, 1.54) is 0 Å². The number of aryl methyl sites for hydroxylation is 1. The van der Waals surface area contributed by atoms with Gasteiger partial charge in [0.2, 0.25) is 0 Å². The van der Waals surface area contributed by atoms with Crippen LogP contribution in [0.1, 0.15) is 22.8 Å². The second-order valence-corrected chi connectivity index (χ2v) is 6.74. The van der Waals surface area contributed by atoms with Gasteiger partial charge in [0, 0.05) is 48.5 Å². The van der Waals surface area contributed by atoms with Crippen molar-refractivity contribution in [1.29, 1.82) is 0 Å². The Labute approximate surface area is 149 Å². The Balaban J connectivity index is 1.59. The number of rotatable bonds is 3. The lowest BCUT2D eigenvalue weighted by molar-refractivity contribution is 0.239. The van der Waals surface area contributed by atoms with E-state index in [1.807, 2.05) is 25.3 Å². The van der Waals surface area contributed by atoms with Crippen LogP contribution < -0.4 is 5.56 Å². The summed E-state index contributed by atoms with van der Waals surface area (Å²) in [5.74, 6) is 1.50. The van der Waals surface area contributed by atoms with Crippen molar-refractivity contribution < 1.29 is 0 Å². The molecule has 25 heavy (non-hydrogen) atoms. The van der Waals surface area contributed by atoms with Crippen molar-refractivity contribution in [3.63, 3.8) is 0 Å². The van der Waals surface area contributed by atoms with Crippen LogP contribution in [-0.2, 0) is 19.5 Å². The molecule has 0 bridgehead atoms. The molecule has 0 fully saturated rings. The average molecular weight is 356 g/mol. The molecular weight excluding hydrogens is 338 g/mol. The second kappa shape index (κ2) is 6.46. The van der Waals surface area contributed by atoms with E-state index >= 15 is 0 Å². The third-order valence-electron chi connectivity index (χ3n) is 4.41. The Morgan fingerprint density at radius 1 is 1.24 bits per heavy atom. The molecule has 3 aromatic rings. The SMILES string of the molecule is Cc1ncc(CN2CCc3nc(-c4ccc(Cl)cc4)[nH]c(=O)c3C2)[nH]1. The topological polar surface area (TPSA) is 77.7 Å². The summed E-state index contributed by atoms with van der Waals surface area (Å²) in [6.07, 6.45) is 2.60. The normalized spacial score (nSPS) is 14.5. The van der Waals surface area contributed by atoms with Crippen molar-refractivity contribution >= 4 is 11.6 Å². The zero-order valence-corrected chi connectivity index (χ0v) is 14.6. The molecule has 2 N–H and O–H groups in total. The Hall–Kier alpha value is -2.44. The largest absolute Gasteiger partial charge is 0.345 e. The van der Waals surface area contributed by atoms with Crippen LogP contribution in [0.15, 0.2) is 35.3 Å². The van der Waals surface area contributed by atoms with Gasteiger partial charge >= 0.3 is 0 Å². The predicted octanol–water partition coefficient (Wildman–Crippen LogP) is 2.68. The number of hydrogen-bond donors (Lipinski definition) is 2. The molecule has 0 aliphatic carbocycles. The summed E-state index contributed by atoms with van der Waals surface area (Å²) in [6.45, 7) is 4.14. The zero-order valence-electron chi connectivity index (χ0n) is 13.8. The van der Waals surface area contributed by atoms with E-state index in [4.69, 9.17) is 11.6 Å². The number of H-pyrrole nitrogens is 2. The molecule has 0 saturated carbocycles. The number of halogens is 1. The minimum absolute atomic E-state index is 0.0690. The quantitative estimate of drug-likeness (QED) is 0.757. The minimum Gasteiger partial charge on any atom is -0.345 e. The zero-order chi connectivity index (χ0) is 17.4. The molecule has 0 saturated heterocycles. The first-order valence-corrected chi connectivity index (χ1v) is 8.57. The van der Waals surface area contributed by atoms with Gasteiger partial charge in [0.15, 0.2) is 0 Å². The molecular formula is C18H18ClN5O. The molecule has 0 atom stereocenters. The first-order valence-electron chi connectivity index (χ1n) is 8.19. The highest BCUT2D eigenvalue weighted by molar-refractivity contribution is 6.30. The van der Waals surface area contributed by atoms with Gasteiger partial charge in [-0.05, 0) is 31.2 Å². The lowest BCUT2D eigenvalue weighted by atomic mass is 10.1. The van der Waals surface area contributed by atoms with Crippen LogP contribution in [-0.4, -0.2) is 31.4 Å². The van der Waals surface area contributed by atoms with Gasteiger partial charge in [0.1, 0.15) is 11.6 Å². The lowest BCUT2D eigenvalue weighted by Gasteiger charge is -2.27. The minimum atomic E-state index is -0.0690. The third-order valence-corrected chi connectivity index (χ3v) is 4.67. The summed E-state index contributed by atoms with van der Waals surface area (Å²) in [5, 5.41) is 0.661. The highest BCUT2D eigenvalue weighted by atomic mass is 35.5. The molecule has 0 unspecified atom stereocenters. The van der Waals surface area contributed by atoms with Crippen LogP contribution in [0.25, 0.3) is 11.4 Å². The summed E-state index contributed by atoms with van der Waals surface area (Å²) in [4.78, 5) is 29.8. The van der Waals surface area contributed by atoms with Crippen molar-refractivity contribution in [2.75, 3.05) is 6.54 Å². The van der Waals surface area contributed by atoms with Crippen LogP contribution in [0.4, 0.5) is 0 Å². The fourth-order valence-corrected chi connectivity index (χ4v) is 3.28.